The van der Waals surface area contributed by atoms with Gasteiger partial charge in [-0.2, -0.15) is 0 Å². The number of aromatic nitrogens is 3. The van der Waals surface area contributed by atoms with E-state index in [0.29, 0.717) is 17.5 Å². The van der Waals surface area contributed by atoms with Gasteiger partial charge < -0.3 is 0 Å². The number of nitrogens with zero attached hydrogens (tertiary/aromatic N) is 3. The lowest BCUT2D eigenvalue weighted by molar-refractivity contribution is 1.07. The van der Waals surface area contributed by atoms with Crippen molar-refractivity contribution in [3.63, 3.8) is 0 Å². The quantitative estimate of drug-likeness (QED) is 0.274. The molecule has 6 heteroatoms. The van der Waals surface area contributed by atoms with Crippen LogP contribution in [0.2, 0.25) is 0 Å². The van der Waals surface area contributed by atoms with Crippen LogP contribution in [0.4, 0.5) is 0 Å². The van der Waals surface area contributed by atoms with Crippen molar-refractivity contribution in [1.82, 2.24) is 15.0 Å². The lowest BCUT2D eigenvalue weighted by Crippen LogP contribution is -2.00. The maximum atomic E-state index is 4.73. The Morgan fingerprint density at radius 1 is 0.444 bits per heavy atom. The molecule has 4 aromatic rings. The summed E-state index contributed by atoms with van der Waals surface area (Å²) in [5.74, 6) is 1.91. The second kappa shape index (κ2) is 8.00. The van der Waals surface area contributed by atoms with Gasteiger partial charge in [-0.25, -0.2) is 15.0 Å². The number of hydrogen-bond acceptors (Lipinski definition) is 3. The number of rotatable bonds is 3. The van der Waals surface area contributed by atoms with Gasteiger partial charge in [-0.15, -0.1) is 0 Å². The lowest BCUT2D eigenvalue weighted by Gasteiger charge is -2.09. The summed E-state index contributed by atoms with van der Waals surface area (Å²) in [7, 11) is 0. The van der Waals surface area contributed by atoms with Crippen molar-refractivity contribution < 1.29 is 0 Å². The van der Waals surface area contributed by atoms with Crippen LogP contribution in [0, 0.1) is 0 Å². The normalized spacial score (nSPS) is 10.8. The number of halogens is 3. The first kappa shape index (κ1) is 18.5. The van der Waals surface area contributed by atoms with Crippen LogP contribution in [0.3, 0.4) is 0 Å². The predicted molar refractivity (Wildman–Crippen MR) is 119 cm³/mol. The zero-order chi connectivity index (χ0) is 18.8. The van der Waals surface area contributed by atoms with E-state index in [1.807, 2.05) is 72.8 Å². The number of benzene rings is 3. The van der Waals surface area contributed by atoms with Gasteiger partial charge in [0, 0.05) is 30.1 Å². The average Bonchev–Trinajstić information content (AvgIpc) is 2.68. The highest BCUT2D eigenvalue weighted by Gasteiger charge is 2.12. The van der Waals surface area contributed by atoms with Gasteiger partial charge in [-0.05, 0) is 36.4 Å². The molecule has 0 aliphatic rings. The van der Waals surface area contributed by atoms with E-state index < -0.39 is 0 Å². The molecule has 0 saturated carbocycles. The van der Waals surface area contributed by atoms with Gasteiger partial charge in [0.05, 0.1) is 0 Å². The molecule has 0 N–H and O–H groups in total. The van der Waals surface area contributed by atoms with Crippen LogP contribution in [-0.4, -0.2) is 15.0 Å². The maximum Gasteiger partial charge on any atom is 0.164 e. The molecule has 132 valence electrons. The zero-order valence-electron chi connectivity index (χ0n) is 13.9. The third-order valence-corrected chi connectivity index (χ3v) is 5.36. The van der Waals surface area contributed by atoms with Gasteiger partial charge in [-0.3, -0.25) is 0 Å². The van der Waals surface area contributed by atoms with Gasteiger partial charge in [0.15, 0.2) is 17.5 Å². The first-order valence-electron chi connectivity index (χ1n) is 8.12. The minimum absolute atomic E-state index is 0.635. The predicted octanol–water partition coefficient (Wildman–Crippen LogP) is 7.16. The van der Waals surface area contributed by atoms with Crippen LogP contribution in [0.25, 0.3) is 34.2 Å². The van der Waals surface area contributed by atoms with Crippen LogP contribution in [0.1, 0.15) is 0 Å². The van der Waals surface area contributed by atoms with Gasteiger partial charge in [0.2, 0.25) is 0 Å². The molecular weight excluding hydrogens is 534 g/mol. The van der Waals surface area contributed by atoms with E-state index >= 15 is 0 Å². The van der Waals surface area contributed by atoms with Crippen molar-refractivity contribution in [3.05, 3.63) is 86.2 Å². The Morgan fingerprint density at radius 2 is 0.741 bits per heavy atom. The highest BCUT2D eigenvalue weighted by atomic mass is 79.9. The second-order valence-corrected chi connectivity index (χ2v) is 8.58. The van der Waals surface area contributed by atoms with Crippen LogP contribution in [0.5, 0.6) is 0 Å². The van der Waals surface area contributed by atoms with Crippen molar-refractivity contribution >= 4 is 47.8 Å². The summed E-state index contributed by atoms with van der Waals surface area (Å²) in [5, 5.41) is 0. The summed E-state index contributed by atoms with van der Waals surface area (Å²) in [6.07, 6.45) is 0. The Hall–Kier alpha value is -1.89. The zero-order valence-corrected chi connectivity index (χ0v) is 18.7. The third-order valence-electron chi connectivity index (χ3n) is 3.88. The van der Waals surface area contributed by atoms with E-state index in [4.69, 9.17) is 15.0 Å². The summed E-state index contributed by atoms with van der Waals surface area (Å²) in [5.41, 5.74) is 2.79. The largest absolute Gasteiger partial charge is 0.208 e. The molecule has 0 amide bonds. The Morgan fingerprint density at radius 3 is 1.00 bits per heavy atom. The standard InChI is InChI=1S/C21H12Br3N3/c22-16-7-1-4-13(10-16)19-25-20(14-5-2-8-17(23)11-14)27-21(26-19)15-6-3-9-18(24)12-15/h1-12H. The molecule has 0 bridgehead atoms. The molecule has 1 heterocycles. The smallest absolute Gasteiger partial charge is 0.164 e. The van der Waals surface area contributed by atoms with E-state index in [-0.39, 0.29) is 0 Å². The first-order valence-corrected chi connectivity index (χ1v) is 10.5. The first-order chi connectivity index (χ1) is 13.1. The molecule has 27 heavy (non-hydrogen) atoms. The molecule has 4 rings (SSSR count). The molecule has 0 aliphatic heterocycles. The fourth-order valence-electron chi connectivity index (χ4n) is 2.65. The van der Waals surface area contributed by atoms with Gasteiger partial charge in [0.1, 0.15) is 0 Å². The fraction of sp³-hybridized carbons (Fsp3) is 0. The van der Waals surface area contributed by atoms with E-state index in [9.17, 15) is 0 Å². The second-order valence-electron chi connectivity index (χ2n) is 5.84. The lowest BCUT2D eigenvalue weighted by atomic mass is 10.1. The van der Waals surface area contributed by atoms with E-state index in [1.54, 1.807) is 0 Å². The molecule has 0 fully saturated rings. The molecule has 0 unspecified atom stereocenters. The van der Waals surface area contributed by atoms with Crippen molar-refractivity contribution in [3.8, 4) is 34.2 Å². The maximum absolute atomic E-state index is 4.73. The van der Waals surface area contributed by atoms with Crippen molar-refractivity contribution in [2.24, 2.45) is 0 Å². The van der Waals surface area contributed by atoms with Crippen molar-refractivity contribution in [1.29, 1.82) is 0 Å². The minimum atomic E-state index is 0.635. The van der Waals surface area contributed by atoms with E-state index in [2.05, 4.69) is 47.8 Å². The van der Waals surface area contributed by atoms with Gasteiger partial charge in [-0.1, -0.05) is 84.2 Å². The molecule has 0 aliphatic carbocycles. The SMILES string of the molecule is Brc1cccc(-c2nc(-c3cccc(Br)c3)nc(-c3cccc(Br)c3)n2)c1. The van der Waals surface area contributed by atoms with Crippen molar-refractivity contribution in [2.45, 2.75) is 0 Å². The summed E-state index contributed by atoms with van der Waals surface area (Å²) in [6.45, 7) is 0. The van der Waals surface area contributed by atoms with E-state index in [1.165, 1.54) is 0 Å². The summed E-state index contributed by atoms with van der Waals surface area (Å²) >= 11 is 10.6. The monoisotopic (exact) mass is 543 g/mol. The van der Waals surface area contributed by atoms with Gasteiger partial charge >= 0.3 is 0 Å². The fourth-order valence-corrected chi connectivity index (χ4v) is 3.84. The van der Waals surface area contributed by atoms with E-state index in [0.717, 1.165) is 30.1 Å². The van der Waals surface area contributed by atoms with Gasteiger partial charge in [0.25, 0.3) is 0 Å². The Balaban J connectivity index is 1.94. The number of hydrogen-bond donors (Lipinski definition) is 0. The van der Waals surface area contributed by atoms with Crippen LogP contribution >= 0.6 is 47.8 Å². The molecule has 0 radical (unpaired) electrons. The molecular formula is C21H12Br3N3. The molecule has 3 aromatic carbocycles. The van der Waals surface area contributed by atoms with Crippen LogP contribution < -0.4 is 0 Å². The minimum Gasteiger partial charge on any atom is -0.208 e. The topological polar surface area (TPSA) is 38.7 Å². The Labute approximate surface area is 182 Å². The Kier molecular flexibility index (Phi) is 5.48. The Bertz CT molecular complexity index is 975. The molecule has 0 spiro atoms. The third kappa shape index (κ3) is 4.34. The summed E-state index contributed by atoms with van der Waals surface area (Å²) in [6, 6.07) is 23.9. The van der Waals surface area contributed by atoms with Crippen molar-refractivity contribution in [2.75, 3.05) is 0 Å². The molecule has 1 aromatic heterocycles. The van der Waals surface area contributed by atoms with Crippen LogP contribution in [0.15, 0.2) is 86.2 Å². The molecule has 0 saturated heterocycles. The summed E-state index contributed by atoms with van der Waals surface area (Å²) < 4.78 is 2.94. The average molecular weight is 546 g/mol. The summed E-state index contributed by atoms with van der Waals surface area (Å²) in [4.78, 5) is 14.2. The van der Waals surface area contributed by atoms with Crippen LogP contribution in [-0.2, 0) is 0 Å². The molecule has 0 atom stereocenters. The molecule has 3 nitrogen and oxygen atoms in total. The highest BCUT2D eigenvalue weighted by molar-refractivity contribution is 9.11. The highest BCUT2D eigenvalue weighted by Crippen LogP contribution is 2.28.